The Morgan fingerprint density at radius 1 is 1.15 bits per heavy atom. The lowest BCUT2D eigenvalue weighted by Gasteiger charge is -2.36. The van der Waals surface area contributed by atoms with E-state index >= 15 is 0 Å². The predicted octanol–water partition coefficient (Wildman–Crippen LogP) is 5.22. The van der Waals surface area contributed by atoms with Gasteiger partial charge in [0.05, 0.1) is 41.7 Å². The molecular formula is C32H43F4N3O7S. The number of carbonyl (C=O) groups excluding carboxylic acids is 2. The van der Waals surface area contributed by atoms with Crippen LogP contribution in [-0.4, -0.2) is 92.9 Å². The molecule has 0 radical (unpaired) electrons. The van der Waals surface area contributed by atoms with E-state index in [0.717, 1.165) is 24.3 Å². The van der Waals surface area contributed by atoms with Gasteiger partial charge in [-0.1, -0.05) is 6.92 Å². The number of aliphatic hydroxyl groups excluding tert-OH is 1. The van der Waals surface area contributed by atoms with Crippen molar-refractivity contribution in [3.63, 3.8) is 0 Å². The molecule has 1 heterocycles. The van der Waals surface area contributed by atoms with Crippen molar-refractivity contribution in [2.24, 2.45) is 5.92 Å². The summed E-state index contributed by atoms with van der Waals surface area (Å²) in [5.74, 6) is -2.11. The number of benzene rings is 2. The number of halogens is 4. The van der Waals surface area contributed by atoms with E-state index in [4.69, 9.17) is 9.47 Å². The van der Waals surface area contributed by atoms with Crippen LogP contribution in [0, 0.1) is 11.7 Å². The maximum absolute atomic E-state index is 14.2. The Kier molecular flexibility index (Phi) is 13.4. The molecule has 15 heteroatoms. The molecule has 1 aliphatic rings. The fourth-order valence-electron chi connectivity index (χ4n) is 5.09. The largest absolute Gasteiger partial charge is 0.490 e. The number of hydrogen-bond acceptors (Lipinski definition) is 7. The highest BCUT2D eigenvalue weighted by atomic mass is 32.2. The van der Waals surface area contributed by atoms with Crippen LogP contribution in [0.4, 0.5) is 23.2 Å². The number of nitrogens with one attached hydrogen (secondary N) is 1. The van der Waals surface area contributed by atoms with Gasteiger partial charge in [0.2, 0.25) is 5.91 Å². The quantitative estimate of drug-likeness (QED) is 0.346. The van der Waals surface area contributed by atoms with E-state index in [9.17, 15) is 40.7 Å². The molecule has 4 atom stereocenters. The van der Waals surface area contributed by atoms with Crippen LogP contribution in [0.25, 0.3) is 0 Å². The van der Waals surface area contributed by atoms with Gasteiger partial charge in [0.25, 0.3) is 15.9 Å². The minimum absolute atomic E-state index is 0.0151. The first-order valence-electron chi connectivity index (χ1n) is 15.4. The molecule has 3 rings (SSSR count). The molecule has 2 amide bonds. The summed E-state index contributed by atoms with van der Waals surface area (Å²) in [5.41, 5.74) is 0.0706. The Labute approximate surface area is 273 Å². The number of fused-ring (bicyclic) bond motifs is 1. The Hall–Kier alpha value is -3.43. The first-order valence-corrected chi connectivity index (χ1v) is 16.9. The topological polar surface area (TPSA) is 125 Å². The number of nitrogens with zero attached hydrogens (tertiary/aromatic N) is 2. The normalized spacial score (nSPS) is 20.8. The molecule has 0 spiro atoms. The number of sulfonamides is 1. The van der Waals surface area contributed by atoms with E-state index in [1.165, 1.54) is 35.0 Å². The highest BCUT2D eigenvalue weighted by Gasteiger charge is 2.32. The van der Waals surface area contributed by atoms with Gasteiger partial charge in [-0.25, -0.2) is 12.8 Å². The van der Waals surface area contributed by atoms with Crippen LogP contribution < -0.4 is 9.46 Å². The van der Waals surface area contributed by atoms with Crippen LogP contribution in [0.5, 0.6) is 5.75 Å². The number of likely N-dealkylation sites (N-methyl/N-ethyl adjacent to an activating group) is 1. The highest BCUT2D eigenvalue weighted by Crippen LogP contribution is 2.30. The van der Waals surface area contributed by atoms with Gasteiger partial charge in [0.15, 0.2) is 0 Å². The van der Waals surface area contributed by atoms with E-state index in [2.05, 4.69) is 4.72 Å². The molecule has 0 unspecified atom stereocenters. The first-order chi connectivity index (χ1) is 22.0. The van der Waals surface area contributed by atoms with Gasteiger partial charge in [0.1, 0.15) is 11.6 Å². The molecule has 0 aliphatic carbocycles. The van der Waals surface area contributed by atoms with Gasteiger partial charge in [-0.3, -0.25) is 14.3 Å². The van der Waals surface area contributed by atoms with E-state index in [1.54, 1.807) is 13.8 Å². The molecule has 0 bridgehead atoms. The van der Waals surface area contributed by atoms with Crippen molar-refractivity contribution in [2.75, 3.05) is 38.1 Å². The maximum atomic E-state index is 14.2. The summed E-state index contributed by atoms with van der Waals surface area (Å²) in [4.78, 5) is 29.1. The minimum Gasteiger partial charge on any atom is -0.490 e. The molecular weight excluding hydrogens is 646 g/mol. The highest BCUT2D eigenvalue weighted by molar-refractivity contribution is 7.92. The van der Waals surface area contributed by atoms with Crippen molar-refractivity contribution >= 4 is 27.5 Å². The summed E-state index contributed by atoms with van der Waals surface area (Å²) < 4.78 is 92.3. The Morgan fingerprint density at radius 2 is 1.83 bits per heavy atom. The number of alkyl halides is 3. The van der Waals surface area contributed by atoms with Gasteiger partial charge < -0.3 is 24.4 Å². The lowest BCUT2D eigenvalue weighted by molar-refractivity contribution is -0.149. The standard InChI is InChI=1S/C32H43F4N3O7S/c1-21-18-39(22(2)20-40)31(42)27-17-25(37-47(43,44)26-11-8-24(33)9-12-26)10-13-28(27)46-23(3)7-5-6-16-45-29(21)19-38(4)30(41)14-15-32(34,35)36/h8-13,17,21-23,29,37,40H,5-7,14-16,18-20H2,1-4H3/t21-,22+,23+,29-/m0/s1. The van der Waals surface area contributed by atoms with Crippen molar-refractivity contribution in [3.05, 3.63) is 53.8 Å². The number of amides is 2. The molecule has 2 N–H and O–H groups in total. The van der Waals surface area contributed by atoms with Gasteiger partial charge in [0, 0.05) is 44.8 Å². The molecule has 262 valence electrons. The van der Waals surface area contributed by atoms with Crippen molar-refractivity contribution in [1.82, 2.24) is 9.80 Å². The molecule has 10 nitrogen and oxygen atoms in total. The number of rotatable bonds is 9. The number of aliphatic hydroxyl groups is 1. The fourth-order valence-corrected chi connectivity index (χ4v) is 6.14. The zero-order chi connectivity index (χ0) is 34.9. The Balaban J connectivity index is 1.95. The molecule has 0 aromatic heterocycles. The van der Waals surface area contributed by atoms with Gasteiger partial charge >= 0.3 is 6.18 Å². The molecule has 47 heavy (non-hydrogen) atoms. The van der Waals surface area contributed by atoms with Crippen molar-refractivity contribution in [3.8, 4) is 5.75 Å². The third-order valence-corrected chi connectivity index (χ3v) is 9.33. The monoisotopic (exact) mass is 689 g/mol. The maximum Gasteiger partial charge on any atom is 0.389 e. The van der Waals surface area contributed by atoms with Crippen molar-refractivity contribution in [2.45, 2.75) is 82.2 Å². The van der Waals surface area contributed by atoms with Crippen LogP contribution >= 0.6 is 0 Å². The summed E-state index contributed by atoms with van der Waals surface area (Å²) in [6, 6.07) is 7.79. The lowest BCUT2D eigenvalue weighted by Crippen LogP contribution is -2.48. The average Bonchev–Trinajstić information content (AvgIpc) is 3.00. The molecule has 0 saturated carbocycles. The second-order valence-corrected chi connectivity index (χ2v) is 13.6. The molecule has 2 aromatic carbocycles. The summed E-state index contributed by atoms with van der Waals surface area (Å²) in [7, 11) is -2.74. The zero-order valence-corrected chi connectivity index (χ0v) is 27.7. The van der Waals surface area contributed by atoms with E-state index in [0.29, 0.717) is 25.9 Å². The third-order valence-electron chi connectivity index (χ3n) is 7.93. The summed E-state index contributed by atoms with van der Waals surface area (Å²) in [6.45, 7) is 5.14. The van der Waals surface area contributed by atoms with Crippen LogP contribution in [0.3, 0.4) is 0 Å². The SMILES string of the molecule is C[C@@H]1CCCCO[C@@H](CN(C)C(=O)CCC(F)(F)F)[C@@H](C)CN([C@H](C)CO)C(=O)c2cc(NS(=O)(=O)c3ccc(F)cc3)ccc2O1. The van der Waals surface area contributed by atoms with E-state index < -0.39 is 71.3 Å². The van der Waals surface area contributed by atoms with E-state index in [-0.39, 0.29) is 41.1 Å². The van der Waals surface area contributed by atoms with Gasteiger partial charge in [-0.2, -0.15) is 13.2 Å². The van der Waals surface area contributed by atoms with Crippen LogP contribution in [0.1, 0.15) is 63.2 Å². The Bertz CT molecular complexity index is 1460. The zero-order valence-electron chi connectivity index (χ0n) is 26.9. The molecule has 0 fully saturated rings. The van der Waals surface area contributed by atoms with E-state index in [1.807, 2.05) is 6.92 Å². The Morgan fingerprint density at radius 3 is 2.47 bits per heavy atom. The summed E-state index contributed by atoms with van der Waals surface area (Å²) >= 11 is 0. The van der Waals surface area contributed by atoms with Gasteiger partial charge in [-0.15, -0.1) is 0 Å². The van der Waals surface area contributed by atoms with Crippen LogP contribution in [0.15, 0.2) is 47.4 Å². The summed E-state index contributed by atoms with van der Waals surface area (Å²) in [6.07, 6.45) is -5.50. The number of hydrogen-bond donors (Lipinski definition) is 2. The molecule has 1 aliphatic heterocycles. The minimum atomic E-state index is -4.47. The van der Waals surface area contributed by atoms with Gasteiger partial charge in [-0.05, 0) is 75.6 Å². The van der Waals surface area contributed by atoms with Crippen LogP contribution in [-0.2, 0) is 19.6 Å². The fraction of sp³-hybridized carbons (Fsp3) is 0.562. The average molecular weight is 690 g/mol. The number of carbonyl (C=O) groups is 2. The summed E-state index contributed by atoms with van der Waals surface area (Å²) in [5, 5.41) is 10.1. The second kappa shape index (κ2) is 16.6. The number of ether oxygens (including phenoxy) is 2. The second-order valence-electron chi connectivity index (χ2n) is 12.0. The van der Waals surface area contributed by atoms with Crippen molar-refractivity contribution < 1.29 is 50.1 Å². The third kappa shape index (κ3) is 11.4. The lowest BCUT2D eigenvalue weighted by atomic mass is 10.0. The number of anilines is 1. The molecule has 0 saturated heterocycles. The van der Waals surface area contributed by atoms with Crippen molar-refractivity contribution in [1.29, 1.82) is 0 Å². The predicted molar refractivity (Wildman–Crippen MR) is 167 cm³/mol. The smallest absolute Gasteiger partial charge is 0.389 e. The van der Waals surface area contributed by atoms with Crippen LogP contribution in [0.2, 0.25) is 0 Å². The first kappa shape index (κ1) is 38.0. The molecule has 2 aromatic rings.